The smallest absolute Gasteiger partial charge is 0.234 e. The lowest BCUT2D eigenvalue weighted by molar-refractivity contribution is -0.113. The molecule has 0 bridgehead atoms. The third-order valence-corrected chi connectivity index (χ3v) is 4.34. The van der Waals surface area contributed by atoms with Crippen LogP contribution in [-0.4, -0.2) is 36.6 Å². The molecule has 1 aromatic carbocycles. The molecule has 0 spiro atoms. The molecule has 4 nitrogen and oxygen atoms in total. The van der Waals surface area contributed by atoms with Crippen molar-refractivity contribution in [2.45, 2.75) is 10.3 Å². The second-order valence-corrected chi connectivity index (χ2v) is 5.50. The van der Waals surface area contributed by atoms with Crippen LogP contribution in [0.4, 0.5) is 5.69 Å². The van der Waals surface area contributed by atoms with Crippen LogP contribution in [-0.2, 0) is 14.9 Å². The van der Waals surface area contributed by atoms with Gasteiger partial charge in [0.15, 0.2) is 0 Å². The summed E-state index contributed by atoms with van der Waals surface area (Å²) >= 11 is 1.54. The number of hydrogen-bond acceptors (Lipinski definition) is 4. The lowest BCUT2D eigenvalue weighted by atomic mass is 9.79. The predicted molar refractivity (Wildman–Crippen MR) is 65.4 cm³/mol. The molecule has 1 saturated heterocycles. The molecule has 2 aliphatic heterocycles. The van der Waals surface area contributed by atoms with E-state index in [1.165, 1.54) is 11.8 Å². The van der Waals surface area contributed by atoms with Crippen LogP contribution in [0.3, 0.4) is 0 Å². The van der Waals surface area contributed by atoms with Crippen LogP contribution in [0.5, 0.6) is 0 Å². The largest absolute Gasteiger partial charge is 0.395 e. The zero-order valence-electron chi connectivity index (χ0n) is 9.23. The number of hydrogen-bond donors (Lipinski definition) is 2. The highest BCUT2D eigenvalue weighted by Gasteiger charge is 2.40. The molecule has 5 heteroatoms. The number of rotatable bonds is 2. The fraction of sp³-hybridized carbons (Fsp3) is 0.417. The van der Waals surface area contributed by atoms with E-state index in [4.69, 9.17) is 4.74 Å². The number of nitrogens with one attached hydrogen (secondary N) is 1. The van der Waals surface area contributed by atoms with Crippen molar-refractivity contribution >= 4 is 23.4 Å². The Balaban J connectivity index is 1.96. The topological polar surface area (TPSA) is 58.6 Å². The first-order valence-corrected chi connectivity index (χ1v) is 6.48. The maximum atomic E-state index is 11.2. The lowest BCUT2D eigenvalue weighted by Crippen LogP contribution is -2.49. The number of carbonyl (C=O) groups is 1. The van der Waals surface area contributed by atoms with Gasteiger partial charge < -0.3 is 15.2 Å². The second-order valence-electron chi connectivity index (χ2n) is 4.48. The quantitative estimate of drug-likeness (QED) is 0.823. The summed E-state index contributed by atoms with van der Waals surface area (Å²) < 4.78 is 5.21. The van der Waals surface area contributed by atoms with Gasteiger partial charge >= 0.3 is 0 Å². The van der Waals surface area contributed by atoms with E-state index in [2.05, 4.69) is 11.4 Å². The summed E-state index contributed by atoms with van der Waals surface area (Å²) in [5.74, 6) is 0.498. The molecule has 17 heavy (non-hydrogen) atoms. The summed E-state index contributed by atoms with van der Waals surface area (Å²) in [6.45, 7) is 1.24. The fourth-order valence-corrected chi connectivity index (χ4v) is 2.95. The molecule has 1 amide bonds. The first-order chi connectivity index (χ1) is 8.23. The molecule has 1 fully saturated rings. The average Bonchev–Trinajstić information content (AvgIpc) is 2.28. The van der Waals surface area contributed by atoms with Crippen molar-refractivity contribution < 1.29 is 14.6 Å². The Morgan fingerprint density at radius 2 is 2.29 bits per heavy atom. The maximum Gasteiger partial charge on any atom is 0.234 e. The number of ether oxygens (including phenoxy) is 1. The van der Waals surface area contributed by atoms with Crippen LogP contribution in [0, 0.1) is 0 Å². The molecule has 0 radical (unpaired) electrons. The number of benzene rings is 1. The van der Waals surface area contributed by atoms with Gasteiger partial charge in [-0.2, -0.15) is 0 Å². The van der Waals surface area contributed by atoms with Crippen molar-refractivity contribution in [3.8, 4) is 0 Å². The van der Waals surface area contributed by atoms with E-state index >= 15 is 0 Å². The van der Waals surface area contributed by atoms with Gasteiger partial charge in [-0.25, -0.2) is 0 Å². The Bertz CT molecular complexity index is 465. The predicted octanol–water partition coefficient (Wildman–Crippen LogP) is 0.991. The molecular weight excluding hydrogens is 238 g/mol. The number of aliphatic hydroxyl groups is 1. The Kier molecular flexibility index (Phi) is 2.61. The minimum Gasteiger partial charge on any atom is -0.395 e. The Labute approximate surface area is 103 Å². The fourth-order valence-electron chi connectivity index (χ4n) is 2.10. The van der Waals surface area contributed by atoms with E-state index in [0.29, 0.717) is 19.0 Å². The van der Waals surface area contributed by atoms with Crippen molar-refractivity contribution in [2.75, 3.05) is 30.9 Å². The van der Waals surface area contributed by atoms with E-state index in [-0.39, 0.29) is 17.9 Å². The van der Waals surface area contributed by atoms with Crippen molar-refractivity contribution in [1.29, 1.82) is 0 Å². The number of fused-ring (bicyclic) bond motifs is 1. The Morgan fingerprint density at radius 1 is 1.47 bits per heavy atom. The molecule has 0 aromatic heterocycles. The number of carbonyl (C=O) groups excluding carboxylic acids is 1. The second kappa shape index (κ2) is 4.01. The van der Waals surface area contributed by atoms with Gasteiger partial charge in [0.05, 0.1) is 36.7 Å². The first-order valence-electron chi connectivity index (χ1n) is 5.49. The lowest BCUT2D eigenvalue weighted by Gasteiger charge is -2.40. The SMILES string of the molecule is O=C1CSc2cc(C3(CO)COC3)ccc2N1. The van der Waals surface area contributed by atoms with Gasteiger partial charge in [0, 0.05) is 4.90 Å². The first kappa shape index (κ1) is 11.1. The normalized spacial score (nSPS) is 21.4. The standard InChI is InChI=1S/C12H13NO3S/c14-5-12(6-16-7-12)8-1-2-9-10(3-8)17-4-11(15)13-9/h1-3,14H,4-7H2,(H,13,15). The molecule has 3 rings (SSSR count). The minimum atomic E-state index is -0.239. The number of amides is 1. The van der Waals surface area contributed by atoms with E-state index in [9.17, 15) is 9.90 Å². The summed E-state index contributed by atoms with van der Waals surface area (Å²) in [7, 11) is 0. The van der Waals surface area contributed by atoms with Crippen molar-refractivity contribution in [2.24, 2.45) is 0 Å². The van der Waals surface area contributed by atoms with Crippen molar-refractivity contribution in [3.05, 3.63) is 23.8 Å². The zero-order chi connectivity index (χ0) is 11.9. The summed E-state index contributed by atoms with van der Waals surface area (Å²) in [5.41, 5.74) is 1.72. The van der Waals surface area contributed by atoms with Gasteiger partial charge in [0.1, 0.15) is 0 Å². The third kappa shape index (κ3) is 1.74. The van der Waals surface area contributed by atoms with Crippen LogP contribution < -0.4 is 5.32 Å². The molecule has 1 aromatic rings. The van der Waals surface area contributed by atoms with Gasteiger partial charge in [-0.3, -0.25) is 4.79 Å². The van der Waals surface area contributed by atoms with Gasteiger partial charge in [0.2, 0.25) is 5.91 Å². The number of anilines is 1. The van der Waals surface area contributed by atoms with Crippen LogP contribution >= 0.6 is 11.8 Å². The average molecular weight is 251 g/mol. The van der Waals surface area contributed by atoms with E-state index in [1.807, 2.05) is 12.1 Å². The summed E-state index contributed by atoms with van der Waals surface area (Å²) in [5, 5.41) is 12.3. The Hall–Kier alpha value is -1.04. The van der Waals surface area contributed by atoms with Crippen LogP contribution in [0.1, 0.15) is 5.56 Å². The highest BCUT2D eigenvalue weighted by molar-refractivity contribution is 8.00. The van der Waals surface area contributed by atoms with E-state index in [0.717, 1.165) is 16.1 Å². The summed E-state index contributed by atoms with van der Waals surface area (Å²) in [4.78, 5) is 12.3. The maximum absolute atomic E-state index is 11.2. The zero-order valence-corrected chi connectivity index (χ0v) is 10.0. The highest BCUT2D eigenvalue weighted by atomic mass is 32.2. The minimum absolute atomic E-state index is 0.0408. The van der Waals surface area contributed by atoms with E-state index < -0.39 is 0 Å². The third-order valence-electron chi connectivity index (χ3n) is 3.29. The molecule has 2 N–H and O–H groups in total. The van der Waals surface area contributed by atoms with E-state index in [1.54, 1.807) is 0 Å². The molecule has 90 valence electrons. The molecule has 2 aliphatic rings. The molecule has 0 saturated carbocycles. The van der Waals surface area contributed by atoms with Crippen LogP contribution in [0.25, 0.3) is 0 Å². The number of aliphatic hydroxyl groups excluding tert-OH is 1. The van der Waals surface area contributed by atoms with Gasteiger partial charge in [-0.05, 0) is 17.7 Å². The molecule has 0 aliphatic carbocycles. The van der Waals surface area contributed by atoms with Crippen molar-refractivity contribution in [3.63, 3.8) is 0 Å². The molecular formula is C12H13NO3S. The highest BCUT2D eigenvalue weighted by Crippen LogP contribution is 2.38. The van der Waals surface area contributed by atoms with Gasteiger partial charge in [-0.15, -0.1) is 11.8 Å². The van der Waals surface area contributed by atoms with Crippen molar-refractivity contribution in [1.82, 2.24) is 0 Å². The molecule has 2 heterocycles. The molecule has 0 atom stereocenters. The summed E-state index contributed by atoms with van der Waals surface area (Å²) in [6, 6.07) is 5.92. The van der Waals surface area contributed by atoms with Crippen LogP contribution in [0.2, 0.25) is 0 Å². The van der Waals surface area contributed by atoms with Gasteiger partial charge in [0.25, 0.3) is 0 Å². The number of thioether (sulfide) groups is 1. The molecule has 0 unspecified atom stereocenters. The van der Waals surface area contributed by atoms with Crippen LogP contribution in [0.15, 0.2) is 23.1 Å². The summed E-state index contributed by atoms with van der Waals surface area (Å²) in [6.07, 6.45) is 0. The monoisotopic (exact) mass is 251 g/mol. The Morgan fingerprint density at radius 3 is 2.94 bits per heavy atom. The van der Waals surface area contributed by atoms with Gasteiger partial charge in [-0.1, -0.05) is 6.07 Å².